The molecule has 0 fully saturated rings. The fourth-order valence-corrected chi connectivity index (χ4v) is 2.72. The van der Waals surface area contributed by atoms with E-state index in [2.05, 4.69) is 4.99 Å². The largest absolute Gasteiger partial charge is 0.369 e. The number of benzene rings is 3. The second-order valence-corrected chi connectivity index (χ2v) is 5.77. The average molecular weight is 339 g/mol. The van der Waals surface area contributed by atoms with Crippen molar-refractivity contribution in [2.45, 2.75) is 13.3 Å². The standard InChI is InChI=1S/C20H19F2N3/c1-3-13-12-14(8-9-17(13)21)25(2)20(23)24-19-11-10-18(22)15-6-4-5-7-16(15)19/h4-12H,3H2,1-2H3,(H2,23,24). The Morgan fingerprint density at radius 1 is 1.00 bits per heavy atom. The maximum atomic E-state index is 13.9. The van der Waals surface area contributed by atoms with Crippen LogP contribution < -0.4 is 10.6 Å². The SMILES string of the molecule is CCc1cc(N(C)C(N)=Nc2ccc(F)c3ccccc23)ccc1F. The van der Waals surface area contributed by atoms with E-state index < -0.39 is 0 Å². The molecule has 3 aromatic carbocycles. The molecule has 0 aliphatic heterocycles. The summed E-state index contributed by atoms with van der Waals surface area (Å²) in [6, 6.07) is 14.9. The Labute approximate surface area is 145 Å². The lowest BCUT2D eigenvalue weighted by Crippen LogP contribution is -2.33. The van der Waals surface area contributed by atoms with Crippen LogP contribution in [0.4, 0.5) is 20.2 Å². The summed E-state index contributed by atoms with van der Waals surface area (Å²) in [5.74, 6) is -0.294. The first-order valence-corrected chi connectivity index (χ1v) is 8.05. The Balaban J connectivity index is 2.00. The van der Waals surface area contributed by atoms with Crippen LogP contribution in [-0.2, 0) is 6.42 Å². The Kier molecular flexibility index (Phi) is 4.65. The van der Waals surface area contributed by atoms with E-state index in [-0.39, 0.29) is 17.6 Å². The van der Waals surface area contributed by atoms with Crippen molar-refractivity contribution in [3.63, 3.8) is 0 Å². The number of nitrogens with two attached hydrogens (primary N) is 1. The number of guanidine groups is 1. The van der Waals surface area contributed by atoms with Crippen molar-refractivity contribution in [1.29, 1.82) is 0 Å². The zero-order valence-corrected chi connectivity index (χ0v) is 14.1. The smallest absolute Gasteiger partial charge is 0.200 e. The lowest BCUT2D eigenvalue weighted by molar-refractivity contribution is 0.612. The maximum absolute atomic E-state index is 13.9. The van der Waals surface area contributed by atoms with Crippen LogP contribution in [-0.4, -0.2) is 13.0 Å². The molecule has 25 heavy (non-hydrogen) atoms. The van der Waals surface area contributed by atoms with Crippen molar-refractivity contribution >= 4 is 28.1 Å². The van der Waals surface area contributed by atoms with Crippen LogP contribution >= 0.6 is 0 Å². The fraction of sp³-hybridized carbons (Fsp3) is 0.150. The summed E-state index contributed by atoms with van der Waals surface area (Å²) in [5, 5.41) is 1.18. The van der Waals surface area contributed by atoms with Gasteiger partial charge in [0, 0.05) is 23.5 Å². The zero-order valence-electron chi connectivity index (χ0n) is 14.1. The number of hydrogen-bond acceptors (Lipinski definition) is 1. The minimum Gasteiger partial charge on any atom is -0.369 e. The molecule has 0 radical (unpaired) electrons. The first-order chi connectivity index (χ1) is 12.0. The molecule has 0 bridgehead atoms. The van der Waals surface area contributed by atoms with Crippen molar-refractivity contribution in [2.24, 2.45) is 10.7 Å². The number of aliphatic imine (C=N–C) groups is 1. The summed E-state index contributed by atoms with van der Waals surface area (Å²) in [6.07, 6.45) is 0.590. The van der Waals surface area contributed by atoms with E-state index in [0.29, 0.717) is 28.4 Å². The van der Waals surface area contributed by atoms with Gasteiger partial charge in [0.1, 0.15) is 11.6 Å². The lowest BCUT2D eigenvalue weighted by atomic mass is 10.1. The minimum absolute atomic E-state index is 0.236. The Hall–Kier alpha value is -2.95. The van der Waals surface area contributed by atoms with Crippen molar-refractivity contribution in [3.8, 4) is 0 Å². The predicted octanol–water partition coefficient (Wildman–Crippen LogP) is 4.76. The Morgan fingerprint density at radius 3 is 2.40 bits per heavy atom. The van der Waals surface area contributed by atoms with Gasteiger partial charge in [-0.05, 0) is 42.3 Å². The average Bonchev–Trinajstić information content (AvgIpc) is 2.64. The van der Waals surface area contributed by atoms with Crippen molar-refractivity contribution in [3.05, 3.63) is 71.8 Å². The van der Waals surface area contributed by atoms with Gasteiger partial charge in [0.15, 0.2) is 0 Å². The Morgan fingerprint density at radius 2 is 1.68 bits per heavy atom. The molecule has 0 aliphatic carbocycles. The van der Waals surface area contributed by atoms with Crippen LogP contribution in [0, 0.1) is 11.6 Å². The summed E-state index contributed by atoms with van der Waals surface area (Å²) in [5.41, 5.74) is 8.07. The topological polar surface area (TPSA) is 41.6 Å². The summed E-state index contributed by atoms with van der Waals surface area (Å²) < 4.78 is 27.6. The fourth-order valence-electron chi connectivity index (χ4n) is 2.72. The molecule has 0 spiro atoms. The third kappa shape index (κ3) is 3.31. The van der Waals surface area contributed by atoms with Crippen LogP contribution in [0.2, 0.25) is 0 Å². The highest BCUT2D eigenvalue weighted by atomic mass is 19.1. The van der Waals surface area contributed by atoms with Crippen LogP contribution in [0.5, 0.6) is 0 Å². The lowest BCUT2D eigenvalue weighted by Gasteiger charge is -2.19. The van der Waals surface area contributed by atoms with Crippen molar-refractivity contribution < 1.29 is 8.78 Å². The molecular formula is C20H19F2N3. The summed E-state index contributed by atoms with van der Waals surface area (Å²) >= 11 is 0. The van der Waals surface area contributed by atoms with E-state index in [9.17, 15) is 8.78 Å². The molecule has 5 heteroatoms. The predicted molar refractivity (Wildman–Crippen MR) is 99.4 cm³/mol. The molecule has 0 amide bonds. The van der Waals surface area contributed by atoms with E-state index in [0.717, 1.165) is 5.69 Å². The number of rotatable bonds is 3. The second-order valence-electron chi connectivity index (χ2n) is 5.77. The van der Waals surface area contributed by atoms with E-state index in [1.807, 2.05) is 13.0 Å². The molecular weight excluding hydrogens is 320 g/mol. The van der Waals surface area contributed by atoms with Gasteiger partial charge in [-0.25, -0.2) is 13.8 Å². The number of halogens is 2. The highest BCUT2D eigenvalue weighted by molar-refractivity contribution is 6.00. The quantitative estimate of drug-likeness (QED) is 0.552. The third-order valence-electron chi connectivity index (χ3n) is 4.22. The van der Waals surface area contributed by atoms with E-state index in [1.54, 1.807) is 48.3 Å². The monoisotopic (exact) mass is 339 g/mol. The zero-order chi connectivity index (χ0) is 18.0. The van der Waals surface area contributed by atoms with Gasteiger partial charge in [-0.15, -0.1) is 0 Å². The molecule has 0 aromatic heterocycles. The second kappa shape index (κ2) is 6.89. The number of nitrogens with zero attached hydrogens (tertiary/aromatic N) is 2. The van der Waals surface area contributed by atoms with Crippen LogP contribution in [0.1, 0.15) is 12.5 Å². The molecule has 3 nitrogen and oxygen atoms in total. The van der Waals surface area contributed by atoms with Gasteiger partial charge in [0.25, 0.3) is 0 Å². The molecule has 0 saturated carbocycles. The van der Waals surface area contributed by atoms with Crippen LogP contribution in [0.3, 0.4) is 0 Å². The molecule has 0 heterocycles. The van der Waals surface area contributed by atoms with E-state index in [1.165, 1.54) is 12.1 Å². The van der Waals surface area contributed by atoms with E-state index in [4.69, 9.17) is 5.73 Å². The number of aryl methyl sites for hydroxylation is 1. The maximum Gasteiger partial charge on any atom is 0.200 e. The van der Waals surface area contributed by atoms with Crippen LogP contribution in [0.25, 0.3) is 10.8 Å². The summed E-state index contributed by atoms with van der Waals surface area (Å²) in [4.78, 5) is 6.12. The number of anilines is 1. The van der Waals surface area contributed by atoms with Gasteiger partial charge in [0.05, 0.1) is 5.69 Å². The number of fused-ring (bicyclic) bond motifs is 1. The molecule has 3 aromatic rings. The first kappa shape index (κ1) is 16.9. The first-order valence-electron chi connectivity index (χ1n) is 8.05. The van der Waals surface area contributed by atoms with Gasteiger partial charge >= 0.3 is 0 Å². The molecule has 0 atom stereocenters. The van der Waals surface area contributed by atoms with Gasteiger partial charge in [-0.3, -0.25) is 0 Å². The third-order valence-corrected chi connectivity index (χ3v) is 4.22. The van der Waals surface area contributed by atoms with Gasteiger partial charge in [0.2, 0.25) is 5.96 Å². The highest BCUT2D eigenvalue weighted by Crippen LogP contribution is 2.28. The van der Waals surface area contributed by atoms with Gasteiger partial charge in [-0.1, -0.05) is 31.2 Å². The molecule has 0 aliphatic rings. The van der Waals surface area contributed by atoms with E-state index >= 15 is 0 Å². The van der Waals surface area contributed by atoms with Crippen molar-refractivity contribution in [2.75, 3.05) is 11.9 Å². The van der Waals surface area contributed by atoms with Crippen LogP contribution in [0.15, 0.2) is 59.6 Å². The molecule has 3 rings (SSSR count). The molecule has 2 N–H and O–H groups in total. The van der Waals surface area contributed by atoms with Crippen molar-refractivity contribution in [1.82, 2.24) is 0 Å². The summed E-state index contributed by atoms with van der Waals surface area (Å²) in [6.45, 7) is 1.89. The number of hydrogen-bond donors (Lipinski definition) is 1. The highest BCUT2D eigenvalue weighted by Gasteiger charge is 2.10. The van der Waals surface area contributed by atoms with Gasteiger partial charge in [-0.2, -0.15) is 0 Å². The molecule has 0 unspecified atom stereocenters. The Bertz CT molecular complexity index is 951. The summed E-state index contributed by atoms with van der Waals surface area (Å²) in [7, 11) is 1.76. The normalized spacial score (nSPS) is 11.8. The van der Waals surface area contributed by atoms with Gasteiger partial charge < -0.3 is 10.6 Å². The minimum atomic E-state index is -0.299. The molecule has 0 saturated heterocycles. The molecule has 128 valence electrons.